The highest BCUT2D eigenvalue weighted by Gasteiger charge is 2.09. The van der Waals surface area contributed by atoms with Gasteiger partial charge < -0.3 is 10.3 Å². The molecule has 0 bridgehead atoms. The van der Waals surface area contributed by atoms with E-state index in [1.807, 2.05) is 30.3 Å². The molecule has 0 radical (unpaired) electrons. The fraction of sp³-hybridized carbons (Fsp3) is 0.588. The molecule has 0 aliphatic carbocycles. The summed E-state index contributed by atoms with van der Waals surface area (Å²) in [5.41, 5.74) is 1.57. The lowest BCUT2D eigenvalue weighted by Gasteiger charge is -2.11. The molecule has 1 aromatic rings. The fourth-order valence-electron chi connectivity index (χ4n) is 2.31. The van der Waals surface area contributed by atoms with E-state index < -0.39 is 0 Å². The molecule has 0 spiro atoms. The van der Waals surface area contributed by atoms with Crippen LogP contribution in [0.15, 0.2) is 35.5 Å². The number of nitrogens with zero attached hydrogens (tertiary/aromatic N) is 1. The highest BCUT2D eigenvalue weighted by molar-refractivity contribution is 6.00. The lowest BCUT2D eigenvalue weighted by molar-refractivity contribution is 0.153. The molecule has 0 amide bonds. The summed E-state index contributed by atoms with van der Waals surface area (Å²) in [7, 11) is 0. The monoisotopic (exact) mass is 277 g/mol. The van der Waals surface area contributed by atoms with Crippen LogP contribution in [-0.2, 0) is 0 Å². The highest BCUT2D eigenvalue weighted by atomic mass is 16.4. The fourth-order valence-corrected chi connectivity index (χ4v) is 2.31. The number of rotatable bonds is 10. The summed E-state index contributed by atoms with van der Waals surface area (Å²) < 4.78 is 0. The van der Waals surface area contributed by atoms with Crippen molar-refractivity contribution in [3.63, 3.8) is 0 Å². The van der Waals surface area contributed by atoms with Gasteiger partial charge in [-0.3, -0.25) is 0 Å². The third-order valence-electron chi connectivity index (χ3n) is 3.58. The molecule has 1 aromatic carbocycles. The van der Waals surface area contributed by atoms with E-state index in [0.717, 1.165) is 18.4 Å². The van der Waals surface area contributed by atoms with Gasteiger partial charge in [0, 0.05) is 0 Å². The number of aliphatic hydroxyl groups excluding tert-OH is 1. The van der Waals surface area contributed by atoms with E-state index in [-0.39, 0.29) is 6.10 Å². The zero-order valence-electron chi connectivity index (χ0n) is 12.5. The summed E-state index contributed by atoms with van der Waals surface area (Å²) >= 11 is 0. The van der Waals surface area contributed by atoms with Gasteiger partial charge in [-0.2, -0.15) is 0 Å². The quantitative estimate of drug-likeness (QED) is 0.289. The molecule has 3 heteroatoms. The molecule has 0 aliphatic rings. The van der Waals surface area contributed by atoms with Crippen molar-refractivity contribution in [3.05, 3.63) is 35.9 Å². The van der Waals surface area contributed by atoms with Crippen LogP contribution in [0.25, 0.3) is 0 Å². The Morgan fingerprint density at radius 2 is 1.75 bits per heavy atom. The normalized spacial score (nSPS) is 13.4. The van der Waals surface area contributed by atoms with Crippen molar-refractivity contribution in [1.82, 2.24) is 0 Å². The van der Waals surface area contributed by atoms with Crippen molar-refractivity contribution >= 4 is 5.71 Å². The van der Waals surface area contributed by atoms with Crippen molar-refractivity contribution in [2.45, 2.75) is 64.4 Å². The second-order valence-corrected chi connectivity index (χ2v) is 5.31. The maximum Gasteiger partial charge on any atom is 0.0868 e. The van der Waals surface area contributed by atoms with Crippen LogP contribution in [-0.4, -0.2) is 22.1 Å². The first-order valence-corrected chi connectivity index (χ1v) is 7.72. The summed E-state index contributed by atoms with van der Waals surface area (Å²) in [5, 5.41) is 22.4. The van der Waals surface area contributed by atoms with E-state index in [1.165, 1.54) is 25.7 Å². The third kappa shape index (κ3) is 6.71. The summed E-state index contributed by atoms with van der Waals surface area (Å²) in [6.45, 7) is 2.20. The number of oxime groups is 1. The standard InChI is InChI=1S/C17H27NO2/c1-2-3-4-5-9-12-16(19)13-14-17(18-20)15-10-7-6-8-11-15/h6-8,10-11,16,19-20H,2-5,9,12-14H2,1H3. The van der Waals surface area contributed by atoms with Gasteiger partial charge in [-0.15, -0.1) is 0 Å². The molecular formula is C17H27NO2. The van der Waals surface area contributed by atoms with Gasteiger partial charge in [-0.1, -0.05) is 74.5 Å². The minimum Gasteiger partial charge on any atom is -0.411 e. The van der Waals surface area contributed by atoms with E-state index >= 15 is 0 Å². The molecule has 3 nitrogen and oxygen atoms in total. The largest absolute Gasteiger partial charge is 0.411 e. The van der Waals surface area contributed by atoms with E-state index in [2.05, 4.69) is 12.1 Å². The maximum atomic E-state index is 9.96. The second-order valence-electron chi connectivity index (χ2n) is 5.31. The van der Waals surface area contributed by atoms with Crippen molar-refractivity contribution in [2.75, 3.05) is 0 Å². The molecule has 0 aromatic heterocycles. The molecule has 0 saturated carbocycles. The molecule has 0 fully saturated rings. The Hall–Kier alpha value is -1.35. The first-order valence-electron chi connectivity index (χ1n) is 7.72. The van der Waals surface area contributed by atoms with Gasteiger partial charge >= 0.3 is 0 Å². The Labute approximate surface area is 122 Å². The third-order valence-corrected chi connectivity index (χ3v) is 3.58. The lowest BCUT2D eigenvalue weighted by Crippen LogP contribution is -2.10. The smallest absolute Gasteiger partial charge is 0.0868 e. The van der Waals surface area contributed by atoms with Crippen LogP contribution in [0, 0.1) is 0 Å². The molecule has 0 saturated heterocycles. The lowest BCUT2D eigenvalue weighted by atomic mass is 10.0. The summed E-state index contributed by atoms with van der Waals surface area (Å²) in [6.07, 6.45) is 7.88. The minimum atomic E-state index is -0.294. The van der Waals surface area contributed by atoms with Crippen molar-refractivity contribution in [1.29, 1.82) is 0 Å². The molecule has 1 rings (SSSR count). The van der Waals surface area contributed by atoms with Crippen LogP contribution in [0.3, 0.4) is 0 Å². The predicted octanol–water partition coefficient (Wildman–Crippen LogP) is 4.37. The molecule has 112 valence electrons. The highest BCUT2D eigenvalue weighted by Crippen LogP contribution is 2.13. The number of benzene rings is 1. The predicted molar refractivity (Wildman–Crippen MR) is 83.4 cm³/mol. The molecule has 1 atom stereocenters. The van der Waals surface area contributed by atoms with Gasteiger partial charge in [0.05, 0.1) is 11.8 Å². The summed E-state index contributed by atoms with van der Waals surface area (Å²) in [5.74, 6) is 0. The zero-order chi connectivity index (χ0) is 14.6. The Bertz CT molecular complexity index is 376. The average molecular weight is 277 g/mol. The molecule has 1 unspecified atom stereocenters. The number of unbranched alkanes of at least 4 members (excludes halogenated alkanes) is 4. The van der Waals surface area contributed by atoms with Crippen LogP contribution in [0.2, 0.25) is 0 Å². The Morgan fingerprint density at radius 3 is 2.40 bits per heavy atom. The van der Waals surface area contributed by atoms with Gasteiger partial charge in [0.1, 0.15) is 0 Å². The van der Waals surface area contributed by atoms with Crippen molar-refractivity contribution in [3.8, 4) is 0 Å². The van der Waals surface area contributed by atoms with E-state index in [0.29, 0.717) is 18.6 Å². The van der Waals surface area contributed by atoms with Gasteiger partial charge in [-0.05, 0) is 24.8 Å². The topological polar surface area (TPSA) is 52.8 Å². The average Bonchev–Trinajstić information content (AvgIpc) is 2.49. The van der Waals surface area contributed by atoms with Gasteiger partial charge in [0.2, 0.25) is 0 Å². The Balaban J connectivity index is 2.24. The number of hydrogen-bond acceptors (Lipinski definition) is 3. The minimum absolute atomic E-state index is 0.294. The Morgan fingerprint density at radius 1 is 1.05 bits per heavy atom. The molecular weight excluding hydrogens is 250 g/mol. The van der Waals surface area contributed by atoms with Gasteiger partial charge in [-0.25, -0.2) is 0 Å². The van der Waals surface area contributed by atoms with Crippen molar-refractivity contribution in [2.24, 2.45) is 5.16 Å². The van der Waals surface area contributed by atoms with E-state index in [9.17, 15) is 5.11 Å². The second kappa shape index (κ2) is 10.4. The molecule has 0 aliphatic heterocycles. The Kier molecular flexibility index (Phi) is 8.72. The summed E-state index contributed by atoms with van der Waals surface area (Å²) in [6, 6.07) is 9.62. The zero-order valence-corrected chi connectivity index (χ0v) is 12.5. The van der Waals surface area contributed by atoms with E-state index in [1.54, 1.807) is 0 Å². The van der Waals surface area contributed by atoms with Crippen LogP contribution in [0.1, 0.15) is 63.9 Å². The first kappa shape index (κ1) is 16.7. The number of hydrogen-bond donors (Lipinski definition) is 2. The SMILES string of the molecule is CCCCCCCC(O)CCC(=NO)c1ccccc1. The van der Waals surface area contributed by atoms with Crippen LogP contribution >= 0.6 is 0 Å². The van der Waals surface area contributed by atoms with Crippen molar-refractivity contribution < 1.29 is 10.3 Å². The molecule has 0 heterocycles. The summed E-state index contributed by atoms with van der Waals surface area (Å²) in [4.78, 5) is 0. The van der Waals surface area contributed by atoms with Crippen LogP contribution in [0.5, 0.6) is 0 Å². The molecule has 20 heavy (non-hydrogen) atoms. The van der Waals surface area contributed by atoms with E-state index in [4.69, 9.17) is 5.21 Å². The maximum absolute atomic E-state index is 9.96. The van der Waals surface area contributed by atoms with Gasteiger partial charge in [0.15, 0.2) is 0 Å². The molecule has 2 N–H and O–H groups in total. The number of aliphatic hydroxyl groups is 1. The van der Waals surface area contributed by atoms with Crippen LogP contribution in [0.4, 0.5) is 0 Å². The van der Waals surface area contributed by atoms with Crippen LogP contribution < -0.4 is 0 Å². The van der Waals surface area contributed by atoms with Gasteiger partial charge in [0.25, 0.3) is 0 Å². The first-order chi connectivity index (χ1) is 9.77.